The van der Waals surface area contributed by atoms with Gasteiger partial charge in [-0.3, -0.25) is 0 Å². The molecule has 0 aliphatic rings. The first-order valence-corrected chi connectivity index (χ1v) is 7.26. The first kappa shape index (κ1) is 16.2. The summed E-state index contributed by atoms with van der Waals surface area (Å²) < 4.78 is 0. The van der Waals surface area contributed by atoms with Gasteiger partial charge in [-0.1, -0.05) is 37.6 Å². The van der Waals surface area contributed by atoms with Crippen molar-refractivity contribution >= 4 is 0 Å². The third-order valence-corrected chi connectivity index (χ3v) is 3.62. The second kappa shape index (κ2) is 8.31. The van der Waals surface area contributed by atoms with Gasteiger partial charge in [-0.15, -0.1) is 0 Å². The van der Waals surface area contributed by atoms with Crippen molar-refractivity contribution in [1.82, 2.24) is 10.2 Å². The molecule has 1 rings (SSSR count). The summed E-state index contributed by atoms with van der Waals surface area (Å²) in [5, 5.41) is 13.5. The molecule has 19 heavy (non-hydrogen) atoms. The van der Waals surface area contributed by atoms with Gasteiger partial charge in [-0.05, 0) is 38.1 Å². The quantitative estimate of drug-likeness (QED) is 0.707. The normalized spacial score (nSPS) is 12.9. The van der Waals surface area contributed by atoms with Crippen LogP contribution in [0.4, 0.5) is 0 Å². The Labute approximate surface area is 117 Å². The van der Waals surface area contributed by atoms with Crippen molar-refractivity contribution in [2.45, 2.75) is 33.8 Å². The maximum absolute atomic E-state index is 10.2. The topological polar surface area (TPSA) is 35.5 Å². The number of aliphatic hydroxyl groups is 1. The average molecular weight is 264 g/mol. The van der Waals surface area contributed by atoms with Crippen LogP contribution in [0.2, 0.25) is 0 Å². The van der Waals surface area contributed by atoms with E-state index in [1.54, 1.807) is 0 Å². The van der Waals surface area contributed by atoms with Crippen LogP contribution < -0.4 is 5.32 Å². The molecule has 0 amide bonds. The van der Waals surface area contributed by atoms with E-state index < -0.39 is 6.10 Å². The summed E-state index contributed by atoms with van der Waals surface area (Å²) in [5.74, 6) is 0. The summed E-state index contributed by atoms with van der Waals surface area (Å²) in [6.07, 6.45) is -0.419. The highest BCUT2D eigenvalue weighted by atomic mass is 16.3. The second-order valence-corrected chi connectivity index (χ2v) is 5.11. The van der Waals surface area contributed by atoms with Gasteiger partial charge in [-0.2, -0.15) is 0 Å². The molecule has 0 saturated heterocycles. The molecule has 0 spiro atoms. The van der Waals surface area contributed by atoms with E-state index in [0.29, 0.717) is 6.54 Å². The Morgan fingerprint density at radius 2 is 1.89 bits per heavy atom. The molecule has 1 atom stereocenters. The molecule has 0 heterocycles. The minimum atomic E-state index is -0.419. The van der Waals surface area contributed by atoms with Gasteiger partial charge in [0.25, 0.3) is 0 Å². The number of aryl methyl sites for hydroxylation is 2. The van der Waals surface area contributed by atoms with Crippen LogP contribution in [-0.2, 0) is 0 Å². The van der Waals surface area contributed by atoms with Crippen LogP contribution in [0.15, 0.2) is 18.2 Å². The van der Waals surface area contributed by atoms with Gasteiger partial charge >= 0.3 is 0 Å². The first-order chi connectivity index (χ1) is 9.08. The fourth-order valence-electron chi connectivity index (χ4n) is 2.33. The lowest BCUT2D eigenvalue weighted by Gasteiger charge is -2.19. The first-order valence-electron chi connectivity index (χ1n) is 7.26. The zero-order chi connectivity index (χ0) is 14.3. The fourth-order valence-corrected chi connectivity index (χ4v) is 2.33. The van der Waals surface area contributed by atoms with Crippen molar-refractivity contribution in [3.63, 3.8) is 0 Å². The zero-order valence-corrected chi connectivity index (χ0v) is 12.7. The number of nitrogens with zero attached hydrogens (tertiary/aromatic N) is 1. The molecule has 0 aromatic heterocycles. The van der Waals surface area contributed by atoms with E-state index in [1.165, 1.54) is 5.56 Å². The highest BCUT2D eigenvalue weighted by Crippen LogP contribution is 2.18. The molecule has 0 aliphatic heterocycles. The molecule has 0 aliphatic carbocycles. The standard InChI is InChI=1S/C16H28N2O/c1-5-18(6-2)10-9-17-12-16(19)15-8-7-13(3)11-14(15)4/h7-8,11,16-17,19H,5-6,9-10,12H2,1-4H3. The molecule has 1 unspecified atom stereocenters. The Kier molecular flexibility index (Phi) is 7.06. The minimum Gasteiger partial charge on any atom is -0.387 e. The molecule has 1 aromatic rings. The number of rotatable bonds is 8. The van der Waals surface area contributed by atoms with Crippen LogP contribution in [0.1, 0.15) is 36.6 Å². The van der Waals surface area contributed by atoms with Crippen LogP contribution in [0, 0.1) is 13.8 Å². The van der Waals surface area contributed by atoms with Crippen molar-refractivity contribution in [1.29, 1.82) is 0 Å². The average Bonchev–Trinajstić information content (AvgIpc) is 2.38. The maximum atomic E-state index is 10.2. The lowest BCUT2D eigenvalue weighted by atomic mass is 10.0. The third-order valence-electron chi connectivity index (χ3n) is 3.62. The van der Waals surface area contributed by atoms with Gasteiger partial charge in [0, 0.05) is 19.6 Å². The van der Waals surface area contributed by atoms with Crippen LogP contribution in [0.3, 0.4) is 0 Å². The molecule has 0 saturated carbocycles. The van der Waals surface area contributed by atoms with E-state index in [4.69, 9.17) is 0 Å². The van der Waals surface area contributed by atoms with E-state index >= 15 is 0 Å². The summed E-state index contributed by atoms with van der Waals surface area (Å²) in [7, 11) is 0. The van der Waals surface area contributed by atoms with Gasteiger partial charge in [0.05, 0.1) is 6.10 Å². The van der Waals surface area contributed by atoms with Crippen LogP contribution >= 0.6 is 0 Å². The third kappa shape index (κ3) is 5.31. The highest BCUT2D eigenvalue weighted by molar-refractivity contribution is 5.32. The summed E-state index contributed by atoms with van der Waals surface area (Å²) >= 11 is 0. The lowest BCUT2D eigenvalue weighted by Crippen LogP contribution is -2.33. The Hall–Kier alpha value is -0.900. The van der Waals surface area contributed by atoms with E-state index in [2.05, 4.69) is 50.0 Å². The molecular weight excluding hydrogens is 236 g/mol. The van der Waals surface area contributed by atoms with E-state index in [0.717, 1.165) is 37.3 Å². The molecular formula is C16H28N2O. The van der Waals surface area contributed by atoms with Gasteiger partial charge in [0.2, 0.25) is 0 Å². The van der Waals surface area contributed by atoms with Crippen molar-refractivity contribution in [3.05, 3.63) is 34.9 Å². The Bertz CT molecular complexity index is 375. The number of benzene rings is 1. The van der Waals surface area contributed by atoms with Crippen molar-refractivity contribution in [2.75, 3.05) is 32.7 Å². The van der Waals surface area contributed by atoms with Crippen LogP contribution in [0.25, 0.3) is 0 Å². The SMILES string of the molecule is CCN(CC)CCNCC(O)c1ccc(C)cc1C. The summed E-state index contributed by atoms with van der Waals surface area (Å²) in [4.78, 5) is 2.37. The summed E-state index contributed by atoms with van der Waals surface area (Å²) in [5.41, 5.74) is 3.43. The monoisotopic (exact) mass is 264 g/mol. The minimum absolute atomic E-state index is 0.419. The Morgan fingerprint density at radius 3 is 2.47 bits per heavy atom. The number of aliphatic hydroxyl groups excluding tert-OH is 1. The summed E-state index contributed by atoms with van der Waals surface area (Å²) in [6, 6.07) is 6.21. The predicted molar refractivity (Wildman–Crippen MR) is 81.5 cm³/mol. The second-order valence-electron chi connectivity index (χ2n) is 5.11. The Morgan fingerprint density at radius 1 is 1.21 bits per heavy atom. The molecule has 1 aromatic carbocycles. The van der Waals surface area contributed by atoms with Crippen molar-refractivity contribution in [2.24, 2.45) is 0 Å². The number of hydrogen-bond donors (Lipinski definition) is 2. The molecule has 108 valence electrons. The Balaban J connectivity index is 2.37. The highest BCUT2D eigenvalue weighted by Gasteiger charge is 2.09. The van der Waals surface area contributed by atoms with Gasteiger partial charge in [-0.25, -0.2) is 0 Å². The number of likely N-dealkylation sites (N-methyl/N-ethyl adjacent to an activating group) is 1. The molecule has 2 N–H and O–H groups in total. The van der Waals surface area contributed by atoms with Gasteiger partial charge in [0.1, 0.15) is 0 Å². The van der Waals surface area contributed by atoms with Gasteiger partial charge in [0.15, 0.2) is 0 Å². The van der Waals surface area contributed by atoms with Crippen LogP contribution in [0.5, 0.6) is 0 Å². The van der Waals surface area contributed by atoms with E-state index in [1.807, 2.05) is 6.07 Å². The van der Waals surface area contributed by atoms with E-state index in [-0.39, 0.29) is 0 Å². The van der Waals surface area contributed by atoms with E-state index in [9.17, 15) is 5.11 Å². The smallest absolute Gasteiger partial charge is 0.0916 e. The predicted octanol–water partition coefficient (Wildman–Crippen LogP) is 2.27. The zero-order valence-electron chi connectivity index (χ0n) is 12.7. The molecule has 0 bridgehead atoms. The number of nitrogens with one attached hydrogen (secondary N) is 1. The molecule has 3 heteroatoms. The maximum Gasteiger partial charge on any atom is 0.0916 e. The van der Waals surface area contributed by atoms with Crippen molar-refractivity contribution in [3.8, 4) is 0 Å². The molecule has 0 fully saturated rings. The molecule has 0 radical (unpaired) electrons. The summed E-state index contributed by atoms with van der Waals surface area (Å²) in [6.45, 7) is 13.2. The largest absolute Gasteiger partial charge is 0.387 e. The van der Waals surface area contributed by atoms with Crippen LogP contribution in [-0.4, -0.2) is 42.7 Å². The fraction of sp³-hybridized carbons (Fsp3) is 0.625. The number of hydrogen-bond acceptors (Lipinski definition) is 3. The molecule has 3 nitrogen and oxygen atoms in total. The van der Waals surface area contributed by atoms with Gasteiger partial charge < -0.3 is 15.3 Å². The lowest BCUT2D eigenvalue weighted by molar-refractivity contribution is 0.172. The van der Waals surface area contributed by atoms with Crippen molar-refractivity contribution < 1.29 is 5.11 Å².